The summed E-state index contributed by atoms with van der Waals surface area (Å²) in [6.07, 6.45) is 4.51. The highest BCUT2D eigenvalue weighted by Crippen LogP contribution is 2.27. The maximum Gasteiger partial charge on any atom is 0.335 e. The van der Waals surface area contributed by atoms with Gasteiger partial charge in [0.05, 0.1) is 11.1 Å². The van der Waals surface area contributed by atoms with E-state index in [0.29, 0.717) is 24.6 Å². The van der Waals surface area contributed by atoms with E-state index < -0.39 is 5.97 Å². The van der Waals surface area contributed by atoms with E-state index in [4.69, 9.17) is 0 Å². The molecular formula is C24H26N2O3. The summed E-state index contributed by atoms with van der Waals surface area (Å²) in [7, 11) is 0. The monoisotopic (exact) mass is 390 g/mol. The third-order valence-electron chi connectivity index (χ3n) is 6.02. The summed E-state index contributed by atoms with van der Waals surface area (Å²) >= 11 is 0. The Kier molecular flexibility index (Phi) is 5.38. The minimum Gasteiger partial charge on any atom is -0.478 e. The van der Waals surface area contributed by atoms with Crippen molar-refractivity contribution in [2.45, 2.75) is 32.7 Å². The topological polar surface area (TPSA) is 62.5 Å². The summed E-state index contributed by atoms with van der Waals surface area (Å²) in [6, 6.07) is 15.3. The molecule has 1 fully saturated rings. The average molecular weight is 390 g/mol. The summed E-state index contributed by atoms with van der Waals surface area (Å²) in [5.74, 6) is -0.380. The van der Waals surface area contributed by atoms with Crippen molar-refractivity contribution in [2.24, 2.45) is 5.92 Å². The van der Waals surface area contributed by atoms with Gasteiger partial charge in [-0.25, -0.2) is 4.79 Å². The van der Waals surface area contributed by atoms with Gasteiger partial charge in [0.1, 0.15) is 0 Å². The number of carbonyl (C=O) groups excluding carboxylic acids is 1. The van der Waals surface area contributed by atoms with Gasteiger partial charge in [0.15, 0.2) is 0 Å². The van der Waals surface area contributed by atoms with Crippen molar-refractivity contribution >= 4 is 22.8 Å². The SMILES string of the molecule is CCn1cc(C(=O)N2CCC(Cc3ccccc3C(=O)O)CC2)c2ccccc21. The second-order valence-electron chi connectivity index (χ2n) is 7.75. The zero-order chi connectivity index (χ0) is 20.4. The first-order valence-corrected chi connectivity index (χ1v) is 10.3. The Bertz CT molecular complexity index is 1050. The number of nitrogens with zero attached hydrogens (tertiary/aromatic N) is 2. The van der Waals surface area contributed by atoms with Crippen LogP contribution >= 0.6 is 0 Å². The molecule has 0 aliphatic carbocycles. The molecule has 4 rings (SSSR count). The molecule has 2 aromatic carbocycles. The molecule has 1 aliphatic heterocycles. The Labute approximate surface area is 170 Å². The smallest absolute Gasteiger partial charge is 0.335 e. The Morgan fingerprint density at radius 2 is 1.69 bits per heavy atom. The lowest BCUT2D eigenvalue weighted by Gasteiger charge is -2.32. The molecule has 0 unspecified atom stereocenters. The second kappa shape index (κ2) is 8.11. The van der Waals surface area contributed by atoms with E-state index in [-0.39, 0.29) is 5.91 Å². The minimum atomic E-state index is -0.875. The highest BCUT2D eigenvalue weighted by Gasteiger charge is 2.26. The van der Waals surface area contributed by atoms with Crippen LogP contribution in [0.15, 0.2) is 54.7 Å². The quantitative estimate of drug-likeness (QED) is 0.700. The van der Waals surface area contributed by atoms with Gasteiger partial charge in [0, 0.05) is 36.7 Å². The maximum atomic E-state index is 13.2. The van der Waals surface area contributed by atoms with Gasteiger partial charge < -0.3 is 14.6 Å². The molecule has 29 heavy (non-hydrogen) atoms. The number of carboxylic acids is 1. The number of amides is 1. The van der Waals surface area contributed by atoms with Crippen LogP contribution in [-0.4, -0.2) is 39.5 Å². The zero-order valence-corrected chi connectivity index (χ0v) is 16.7. The van der Waals surface area contributed by atoms with Crippen molar-refractivity contribution in [2.75, 3.05) is 13.1 Å². The van der Waals surface area contributed by atoms with Gasteiger partial charge in [-0.3, -0.25) is 4.79 Å². The van der Waals surface area contributed by atoms with Crippen LogP contribution in [0.3, 0.4) is 0 Å². The van der Waals surface area contributed by atoms with Gasteiger partial charge in [0.2, 0.25) is 0 Å². The molecule has 1 amide bonds. The number of aromatic nitrogens is 1. The zero-order valence-electron chi connectivity index (χ0n) is 16.7. The number of benzene rings is 2. The number of hydrogen-bond acceptors (Lipinski definition) is 2. The van der Waals surface area contributed by atoms with Gasteiger partial charge in [-0.05, 0) is 49.8 Å². The van der Waals surface area contributed by atoms with E-state index in [1.165, 1.54) is 0 Å². The molecule has 2 heterocycles. The largest absolute Gasteiger partial charge is 0.478 e. The fourth-order valence-corrected chi connectivity index (χ4v) is 4.41. The average Bonchev–Trinajstić information content (AvgIpc) is 3.13. The number of piperidine rings is 1. The second-order valence-corrected chi connectivity index (χ2v) is 7.75. The number of para-hydroxylation sites is 1. The Morgan fingerprint density at radius 3 is 2.41 bits per heavy atom. The first-order valence-electron chi connectivity index (χ1n) is 10.3. The molecular weight excluding hydrogens is 364 g/mol. The number of rotatable bonds is 5. The molecule has 1 N–H and O–H groups in total. The molecule has 0 atom stereocenters. The third-order valence-corrected chi connectivity index (χ3v) is 6.02. The van der Waals surface area contributed by atoms with Crippen molar-refractivity contribution in [1.82, 2.24) is 9.47 Å². The molecule has 0 bridgehead atoms. The van der Waals surface area contributed by atoms with Crippen molar-refractivity contribution in [3.8, 4) is 0 Å². The van der Waals surface area contributed by atoms with Crippen molar-refractivity contribution in [3.05, 3.63) is 71.4 Å². The van der Waals surface area contributed by atoms with E-state index in [2.05, 4.69) is 17.6 Å². The first-order chi connectivity index (χ1) is 14.1. The lowest BCUT2D eigenvalue weighted by molar-refractivity contribution is 0.0692. The molecule has 3 aromatic rings. The predicted octanol–water partition coefficient (Wildman–Crippen LogP) is 4.45. The molecule has 0 saturated carbocycles. The molecule has 5 nitrogen and oxygen atoms in total. The highest BCUT2D eigenvalue weighted by atomic mass is 16.4. The Balaban J connectivity index is 1.45. The standard InChI is InChI=1S/C24H26N2O3/c1-2-25-16-21(20-9-5-6-10-22(20)25)23(27)26-13-11-17(12-14-26)15-18-7-3-4-8-19(18)24(28)29/h3-10,16-17H,2,11-15H2,1H3,(H,28,29). The van der Waals surface area contributed by atoms with Gasteiger partial charge in [-0.2, -0.15) is 0 Å². The molecule has 0 radical (unpaired) electrons. The van der Waals surface area contributed by atoms with E-state index in [0.717, 1.165) is 47.8 Å². The molecule has 1 saturated heterocycles. The van der Waals surface area contributed by atoms with Crippen molar-refractivity contribution < 1.29 is 14.7 Å². The summed E-state index contributed by atoms with van der Waals surface area (Å²) in [5.41, 5.74) is 3.14. The summed E-state index contributed by atoms with van der Waals surface area (Å²) in [6.45, 7) is 4.34. The Morgan fingerprint density at radius 1 is 1.00 bits per heavy atom. The van der Waals surface area contributed by atoms with Crippen molar-refractivity contribution in [3.63, 3.8) is 0 Å². The number of carbonyl (C=O) groups is 2. The van der Waals surface area contributed by atoms with Gasteiger partial charge in [-0.1, -0.05) is 36.4 Å². The van der Waals surface area contributed by atoms with Gasteiger partial charge >= 0.3 is 5.97 Å². The summed E-state index contributed by atoms with van der Waals surface area (Å²) in [4.78, 5) is 26.6. The minimum absolute atomic E-state index is 0.0952. The number of carboxylic acid groups (broad SMARTS) is 1. The first kappa shape index (κ1) is 19.2. The van der Waals surface area contributed by atoms with Crippen LogP contribution in [-0.2, 0) is 13.0 Å². The van der Waals surface area contributed by atoms with E-state index in [1.807, 2.05) is 41.4 Å². The molecule has 1 aromatic heterocycles. The van der Waals surface area contributed by atoms with E-state index in [1.54, 1.807) is 12.1 Å². The predicted molar refractivity (Wildman–Crippen MR) is 113 cm³/mol. The number of fused-ring (bicyclic) bond motifs is 1. The van der Waals surface area contributed by atoms with Crippen LogP contribution in [0.25, 0.3) is 10.9 Å². The lowest BCUT2D eigenvalue weighted by Crippen LogP contribution is -2.39. The lowest BCUT2D eigenvalue weighted by atomic mass is 9.88. The van der Waals surface area contributed by atoms with Crippen LogP contribution in [0.4, 0.5) is 0 Å². The Hall–Kier alpha value is -3.08. The van der Waals surface area contributed by atoms with Gasteiger partial charge in [0.25, 0.3) is 5.91 Å². The number of aromatic carboxylic acids is 1. The van der Waals surface area contributed by atoms with E-state index in [9.17, 15) is 14.7 Å². The normalized spacial score (nSPS) is 15.0. The van der Waals surface area contributed by atoms with Crippen LogP contribution < -0.4 is 0 Å². The molecule has 150 valence electrons. The molecule has 1 aliphatic rings. The number of likely N-dealkylation sites (tertiary alicyclic amines) is 1. The number of hydrogen-bond donors (Lipinski definition) is 1. The molecule has 5 heteroatoms. The van der Waals surface area contributed by atoms with Gasteiger partial charge in [-0.15, -0.1) is 0 Å². The van der Waals surface area contributed by atoms with Crippen LogP contribution in [0.2, 0.25) is 0 Å². The van der Waals surface area contributed by atoms with Crippen LogP contribution in [0.5, 0.6) is 0 Å². The summed E-state index contributed by atoms with van der Waals surface area (Å²) in [5, 5.41) is 10.4. The molecule has 0 spiro atoms. The summed E-state index contributed by atoms with van der Waals surface area (Å²) < 4.78 is 2.12. The highest BCUT2D eigenvalue weighted by molar-refractivity contribution is 6.07. The van der Waals surface area contributed by atoms with Crippen LogP contribution in [0.1, 0.15) is 46.0 Å². The number of aryl methyl sites for hydroxylation is 1. The van der Waals surface area contributed by atoms with Crippen molar-refractivity contribution in [1.29, 1.82) is 0 Å². The van der Waals surface area contributed by atoms with Crippen LogP contribution in [0, 0.1) is 5.92 Å². The maximum absolute atomic E-state index is 13.2. The van der Waals surface area contributed by atoms with E-state index >= 15 is 0 Å². The third kappa shape index (κ3) is 3.77. The fourth-order valence-electron chi connectivity index (χ4n) is 4.41. The fraction of sp³-hybridized carbons (Fsp3) is 0.333.